The topological polar surface area (TPSA) is 99.3 Å². The van der Waals surface area contributed by atoms with Crippen molar-refractivity contribution in [3.8, 4) is 0 Å². The summed E-state index contributed by atoms with van der Waals surface area (Å²) in [5, 5.41) is 7.33. The van der Waals surface area contributed by atoms with Crippen LogP contribution in [0.2, 0.25) is 0 Å². The molecule has 0 rings (SSSR count). The van der Waals surface area contributed by atoms with Crippen molar-refractivity contribution < 1.29 is 8.42 Å². The van der Waals surface area contributed by atoms with Crippen LogP contribution in [0.3, 0.4) is 0 Å². The summed E-state index contributed by atoms with van der Waals surface area (Å²) in [5.74, 6) is -0.0394. The van der Waals surface area contributed by atoms with Crippen molar-refractivity contribution in [3.05, 3.63) is 0 Å². The van der Waals surface area contributed by atoms with Crippen LogP contribution in [0.1, 0.15) is 27.7 Å². The summed E-state index contributed by atoms with van der Waals surface area (Å²) in [6, 6.07) is -0.113. The standard InChI is InChI=1S/C9H22N4O2S/c1-7(2)13(5)16(14,15)12-6-9(3,4)8(10)11/h7,12H,6H2,1-5H3,(H3,10,11). The van der Waals surface area contributed by atoms with Gasteiger partial charge < -0.3 is 5.73 Å². The van der Waals surface area contributed by atoms with E-state index < -0.39 is 15.6 Å². The Morgan fingerprint density at radius 2 is 1.94 bits per heavy atom. The van der Waals surface area contributed by atoms with E-state index in [9.17, 15) is 8.42 Å². The molecule has 0 bridgehead atoms. The highest BCUT2D eigenvalue weighted by Gasteiger charge is 2.27. The van der Waals surface area contributed by atoms with Gasteiger partial charge in [0.1, 0.15) is 0 Å². The summed E-state index contributed by atoms with van der Waals surface area (Å²) in [6.45, 7) is 7.12. The van der Waals surface area contributed by atoms with Crippen LogP contribution in [0.4, 0.5) is 0 Å². The summed E-state index contributed by atoms with van der Waals surface area (Å²) in [6.07, 6.45) is 0. The first-order valence-electron chi connectivity index (χ1n) is 5.08. The quantitative estimate of drug-likeness (QED) is 0.461. The van der Waals surface area contributed by atoms with E-state index >= 15 is 0 Å². The largest absolute Gasteiger partial charge is 0.387 e. The molecule has 0 atom stereocenters. The Labute approximate surface area is 97.9 Å². The third kappa shape index (κ3) is 4.07. The van der Waals surface area contributed by atoms with Crippen molar-refractivity contribution in [2.75, 3.05) is 13.6 Å². The zero-order valence-corrected chi connectivity index (χ0v) is 11.4. The van der Waals surface area contributed by atoms with Gasteiger partial charge in [0.25, 0.3) is 10.2 Å². The Balaban J connectivity index is 4.59. The Morgan fingerprint density at radius 3 is 2.25 bits per heavy atom. The molecule has 0 radical (unpaired) electrons. The number of rotatable bonds is 6. The van der Waals surface area contributed by atoms with Crippen LogP contribution in [-0.4, -0.2) is 38.2 Å². The van der Waals surface area contributed by atoms with Gasteiger partial charge in [0, 0.05) is 25.0 Å². The van der Waals surface area contributed by atoms with Crippen molar-refractivity contribution in [1.29, 1.82) is 5.41 Å². The van der Waals surface area contributed by atoms with Crippen molar-refractivity contribution in [2.45, 2.75) is 33.7 Å². The van der Waals surface area contributed by atoms with Crippen molar-refractivity contribution in [2.24, 2.45) is 11.1 Å². The second-order valence-corrected chi connectivity index (χ2v) is 6.55. The van der Waals surface area contributed by atoms with Gasteiger partial charge in [-0.3, -0.25) is 5.41 Å². The van der Waals surface area contributed by atoms with E-state index in [0.29, 0.717) is 0 Å². The molecule has 0 saturated carbocycles. The van der Waals surface area contributed by atoms with Crippen molar-refractivity contribution in [1.82, 2.24) is 9.03 Å². The maximum atomic E-state index is 11.7. The molecule has 0 aliphatic heterocycles. The second-order valence-electron chi connectivity index (χ2n) is 4.73. The molecule has 0 amide bonds. The molecule has 96 valence electrons. The Morgan fingerprint density at radius 1 is 1.50 bits per heavy atom. The highest BCUT2D eigenvalue weighted by molar-refractivity contribution is 7.87. The molecule has 0 fully saturated rings. The summed E-state index contributed by atoms with van der Waals surface area (Å²) in [4.78, 5) is 0. The van der Waals surface area contributed by atoms with Gasteiger partial charge in [0.15, 0.2) is 0 Å². The lowest BCUT2D eigenvalue weighted by Crippen LogP contribution is -2.47. The van der Waals surface area contributed by atoms with Gasteiger partial charge in [-0.1, -0.05) is 13.8 Å². The lowest BCUT2D eigenvalue weighted by atomic mass is 9.93. The first-order chi connectivity index (χ1) is 7.00. The number of nitrogens with one attached hydrogen (secondary N) is 2. The maximum Gasteiger partial charge on any atom is 0.279 e. The van der Waals surface area contributed by atoms with Crippen molar-refractivity contribution in [3.63, 3.8) is 0 Å². The smallest absolute Gasteiger partial charge is 0.279 e. The molecular weight excluding hydrogens is 228 g/mol. The Hall–Kier alpha value is -0.660. The van der Waals surface area contributed by atoms with Crippen LogP contribution < -0.4 is 10.5 Å². The summed E-state index contributed by atoms with van der Waals surface area (Å²) in [5.41, 5.74) is 4.69. The third-order valence-electron chi connectivity index (χ3n) is 2.53. The number of nitrogens with zero attached hydrogens (tertiary/aromatic N) is 1. The summed E-state index contributed by atoms with van der Waals surface area (Å²) < 4.78 is 27.2. The maximum absolute atomic E-state index is 11.7. The molecule has 6 nitrogen and oxygen atoms in total. The minimum atomic E-state index is -3.50. The zero-order chi connectivity index (χ0) is 13.1. The van der Waals surface area contributed by atoms with E-state index in [0.717, 1.165) is 0 Å². The first-order valence-corrected chi connectivity index (χ1v) is 6.52. The van der Waals surface area contributed by atoms with Gasteiger partial charge in [-0.15, -0.1) is 0 Å². The van der Waals surface area contributed by atoms with E-state index in [4.69, 9.17) is 11.1 Å². The fraction of sp³-hybridized carbons (Fsp3) is 0.889. The second kappa shape index (κ2) is 5.11. The average Bonchev–Trinajstić information content (AvgIpc) is 2.13. The van der Waals surface area contributed by atoms with E-state index in [-0.39, 0.29) is 18.4 Å². The highest BCUT2D eigenvalue weighted by Crippen LogP contribution is 2.13. The predicted molar refractivity (Wildman–Crippen MR) is 65.5 cm³/mol. The van der Waals surface area contributed by atoms with Crippen LogP contribution in [0.5, 0.6) is 0 Å². The fourth-order valence-corrected chi connectivity index (χ4v) is 2.05. The van der Waals surface area contributed by atoms with E-state index in [1.54, 1.807) is 27.7 Å². The molecule has 0 aromatic heterocycles. The van der Waals surface area contributed by atoms with Gasteiger partial charge in [-0.2, -0.15) is 12.7 Å². The van der Waals surface area contributed by atoms with E-state index in [2.05, 4.69) is 4.72 Å². The number of nitrogens with two attached hydrogens (primary N) is 1. The number of hydrogen-bond donors (Lipinski definition) is 3. The molecule has 0 aromatic carbocycles. The highest BCUT2D eigenvalue weighted by atomic mass is 32.2. The minimum Gasteiger partial charge on any atom is -0.387 e. The Bertz CT molecular complexity index is 349. The average molecular weight is 250 g/mol. The predicted octanol–water partition coefficient (Wildman–Crippen LogP) is 0.123. The number of amidine groups is 1. The van der Waals surface area contributed by atoms with Crippen LogP contribution in [0.15, 0.2) is 0 Å². The van der Waals surface area contributed by atoms with Gasteiger partial charge in [0.05, 0.1) is 5.84 Å². The first kappa shape index (κ1) is 15.3. The number of hydrogen-bond acceptors (Lipinski definition) is 3. The van der Waals surface area contributed by atoms with Gasteiger partial charge in [-0.25, -0.2) is 4.72 Å². The summed E-state index contributed by atoms with van der Waals surface area (Å²) >= 11 is 0. The van der Waals surface area contributed by atoms with Gasteiger partial charge in [0.2, 0.25) is 0 Å². The van der Waals surface area contributed by atoms with Crippen LogP contribution in [0.25, 0.3) is 0 Å². The van der Waals surface area contributed by atoms with Gasteiger partial charge in [-0.05, 0) is 13.8 Å². The third-order valence-corrected chi connectivity index (χ3v) is 4.22. The molecule has 0 unspecified atom stereocenters. The molecular formula is C9H22N4O2S. The van der Waals surface area contributed by atoms with Gasteiger partial charge >= 0.3 is 0 Å². The molecule has 7 heteroatoms. The molecule has 4 N–H and O–H groups in total. The SMILES string of the molecule is CC(C)N(C)S(=O)(=O)NCC(C)(C)C(=N)N. The van der Waals surface area contributed by atoms with E-state index in [1.165, 1.54) is 11.4 Å². The zero-order valence-electron chi connectivity index (χ0n) is 10.5. The van der Waals surface area contributed by atoms with Crippen LogP contribution in [0, 0.1) is 10.8 Å². The molecule has 0 aromatic rings. The molecule has 0 aliphatic rings. The van der Waals surface area contributed by atoms with Crippen LogP contribution >= 0.6 is 0 Å². The lowest BCUT2D eigenvalue weighted by Gasteiger charge is -2.26. The normalized spacial score (nSPS) is 13.4. The summed E-state index contributed by atoms with van der Waals surface area (Å²) in [7, 11) is -1.99. The van der Waals surface area contributed by atoms with Crippen LogP contribution in [-0.2, 0) is 10.2 Å². The molecule has 0 saturated heterocycles. The molecule has 0 heterocycles. The minimum absolute atomic E-state index is 0.0394. The monoisotopic (exact) mass is 250 g/mol. The van der Waals surface area contributed by atoms with Crippen molar-refractivity contribution >= 4 is 16.0 Å². The van der Waals surface area contributed by atoms with E-state index in [1.807, 2.05) is 0 Å². The molecule has 0 spiro atoms. The fourth-order valence-electron chi connectivity index (χ4n) is 0.746. The lowest BCUT2D eigenvalue weighted by molar-refractivity contribution is 0.393. The Kier molecular flexibility index (Phi) is 4.90. The molecule has 16 heavy (non-hydrogen) atoms. The molecule has 0 aliphatic carbocycles.